The van der Waals surface area contributed by atoms with Crippen molar-refractivity contribution in [3.05, 3.63) is 11.0 Å². The molecule has 17 heavy (non-hydrogen) atoms. The minimum atomic E-state index is -0.993. The van der Waals surface area contributed by atoms with Crippen LogP contribution in [0.5, 0.6) is 0 Å². The van der Waals surface area contributed by atoms with E-state index < -0.39 is 17.7 Å². The first-order valence-corrected chi connectivity index (χ1v) is 6.36. The van der Waals surface area contributed by atoms with Crippen molar-refractivity contribution in [1.29, 1.82) is 0 Å². The second-order valence-electron chi connectivity index (χ2n) is 4.72. The molecule has 1 rings (SSSR count). The lowest BCUT2D eigenvalue weighted by Gasteiger charge is -2.26. The number of nitrogens with zero attached hydrogens (tertiary/aromatic N) is 1. The van der Waals surface area contributed by atoms with Crippen LogP contribution in [-0.2, 0) is 9.53 Å². The standard InChI is InChI=1S/C11H17NO4S/c1-11(2,3)16-10(15)12-4-5-17-7-8(6-12)9(13)14/h7H,4-6H2,1-3H3,(H,13,14). The van der Waals surface area contributed by atoms with Crippen LogP contribution in [0.15, 0.2) is 11.0 Å². The van der Waals surface area contributed by atoms with Gasteiger partial charge in [-0.05, 0) is 26.2 Å². The third kappa shape index (κ3) is 4.68. The van der Waals surface area contributed by atoms with E-state index in [0.717, 1.165) is 0 Å². The van der Waals surface area contributed by atoms with E-state index in [1.165, 1.54) is 16.7 Å². The van der Waals surface area contributed by atoms with Gasteiger partial charge in [-0.15, -0.1) is 11.8 Å². The fourth-order valence-electron chi connectivity index (χ4n) is 1.24. The molecule has 0 aromatic heterocycles. The zero-order valence-electron chi connectivity index (χ0n) is 10.2. The molecule has 0 aromatic rings. The number of carboxylic acid groups (broad SMARTS) is 1. The zero-order valence-corrected chi connectivity index (χ0v) is 11.0. The van der Waals surface area contributed by atoms with Gasteiger partial charge in [0.25, 0.3) is 0 Å². The van der Waals surface area contributed by atoms with E-state index in [9.17, 15) is 9.59 Å². The molecule has 0 aliphatic carbocycles. The van der Waals surface area contributed by atoms with Crippen molar-refractivity contribution < 1.29 is 19.4 Å². The molecule has 1 aliphatic heterocycles. The molecule has 0 bridgehead atoms. The molecule has 0 aromatic carbocycles. The second kappa shape index (κ2) is 5.44. The van der Waals surface area contributed by atoms with Gasteiger partial charge in [-0.3, -0.25) is 0 Å². The molecular formula is C11H17NO4S. The Kier molecular flexibility index (Phi) is 4.45. The van der Waals surface area contributed by atoms with Crippen LogP contribution >= 0.6 is 11.8 Å². The van der Waals surface area contributed by atoms with Crippen LogP contribution in [0.4, 0.5) is 4.79 Å². The number of thioether (sulfide) groups is 1. The largest absolute Gasteiger partial charge is 0.478 e. The summed E-state index contributed by atoms with van der Waals surface area (Å²) in [5, 5.41) is 10.5. The average molecular weight is 259 g/mol. The molecule has 0 fully saturated rings. The van der Waals surface area contributed by atoms with E-state index >= 15 is 0 Å². The highest BCUT2D eigenvalue weighted by Gasteiger charge is 2.25. The summed E-state index contributed by atoms with van der Waals surface area (Å²) < 4.78 is 5.22. The van der Waals surface area contributed by atoms with E-state index in [1.54, 1.807) is 26.2 Å². The fourth-order valence-corrected chi connectivity index (χ4v) is 2.06. The highest BCUT2D eigenvalue weighted by atomic mass is 32.2. The maximum Gasteiger partial charge on any atom is 0.410 e. The summed E-state index contributed by atoms with van der Waals surface area (Å²) in [6.45, 7) is 5.94. The van der Waals surface area contributed by atoms with E-state index in [-0.39, 0.29) is 12.1 Å². The van der Waals surface area contributed by atoms with Crippen LogP contribution in [0.25, 0.3) is 0 Å². The van der Waals surface area contributed by atoms with Gasteiger partial charge in [0.2, 0.25) is 0 Å². The summed E-state index contributed by atoms with van der Waals surface area (Å²) in [4.78, 5) is 24.1. The number of hydrogen-bond donors (Lipinski definition) is 1. The third-order valence-electron chi connectivity index (χ3n) is 1.99. The van der Waals surface area contributed by atoms with Crippen LogP contribution in [0, 0.1) is 0 Å². The van der Waals surface area contributed by atoms with Gasteiger partial charge in [0, 0.05) is 12.3 Å². The molecule has 1 aliphatic rings. The Morgan fingerprint density at radius 1 is 1.47 bits per heavy atom. The van der Waals surface area contributed by atoms with Crippen LogP contribution in [0.2, 0.25) is 0 Å². The van der Waals surface area contributed by atoms with Crippen molar-refractivity contribution in [3.8, 4) is 0 Å². The van der Waals surface area contributed by atoms with Crippen molar-refractivity contribution in [2.24, 2.45) is 0 Å². The molecule has 0 spiro atoms. The monoisotopic (exact) mass is 259 g/mol. The van der Waals surface area contributed by atoms with Gasteiger partial charge in [-0.2, -0.15) is 0 Å². The van der Waals surface area contributed by atoms with Crippen molar-refractivity contribution in [3.63, 3.8) is 0 Å². The maximum atomic E-state index is 11.8. The quantitative estimate of drug-likeness (QED) is 0.779. The molecule has 0 saturated heterocycles. The summed E-state index contributed by atoms with van der Waals surface area (Å²) in [6.07, 6.45) is -0.466. The van der Waals surface area contributed by atoms with Gasteiger partial charge < -0.3 is 14.7 Å². The number of rotatable bonds is 1. The molecule has 0 radical (unpaired) electrons. The molecule has 96 valence electrons. The van der Waals surface area contributed by atoms with Crippen molar-refractivity contribution >= 4 is 23.8 Å². The number of amides is 1. The van der Waals surface area contributed by atoms with Crippen molar-refractivity contribution in [1.82, 2.24) is 4.90 Å². The average Bonchev–Trinajstić information content (AvgIpc) is 2.39. The molecule has 0 atom stereocenters. The number of carbonyl (C=O) groups is 2. The van der Waals surface area contributed by atoms with Gasteiger partial charge in [-0.25, -0.2) is 9.59 Å². The molecule has 6 heteroatoms. The number of carbonyl (C=O) groups excluding carboxylic acids is 1. The Hall–Kier alpha value is -1.17. The van der Waals surface area contributed by atoms with Gasteiger partial charge in [0.05, 0.1) is 12.1 Å². The Bertz CT molecular complexity index is 346. The molecule has 1 N–H and O–H groups in total. The first-order valence-electron chi connectivity index (χ1n) is 5.31. The van der Waals surface area contributed by atoms with Crippen molar-refractivity contribution in [2.75, 3.05) is 18.8 Å². The normalized spacial score (nSPS) is 17.1. The maximum absolute atomic E-state index is 11.8. The Balaban J connectivity index is 2.68. The van der Waals surface area contributed by atoms with Gasteiger partial charge in [0.1, 0.15) is 5.60 Å². The smallest absolute Gasteiger partial charge is 0.410 e. The number of hydrogen-bond acceptors (Lipinski definition) is 4. The van der Waals surface area contributed by atoms with Gasteiger partial charge >= 0.3 is 12.1 Å². The first kappa shape index (κ1) is 13.9. The summed E-state index contributed by atoms with van der Waals surface area (Å²) >= 11 is 1.40. The Labute approximate surface area is 105 Å². The summed E-state index contributed by atoms with van der Waals surface area (Å²) in [5.41, 5.74) is -0.345. The molecule has 0 saturated carbocycles. The van der Waals surface area contributed by atoms with Gasteiger partial charge in [0.15, 0.2) is 0 Å². The molecule has 1 amide bonds. The lowest BCUT2D eigenvalue weighted by Crippen LogP contribution is -2.39. The number of carboxylic acids is 1. The van der Waals surface area contributed by atoms with E-state index in [1.807, 2.05) is 0 Å². The molecular weight excluding hydrogens is 242 g/mol. The molecule has 1 heterocycles. The lowest BCUT2D eigenvalue weighted by atomic mass is 10.2. The van der Waals surface area contributed by atoms with Crippen LogP contribution in [0.3, 0.4) is 0 Å². The topological polar surface area (TPSA) is 66.8 Å². The first-order chi connectivity index (χ1) is 7.79. The highest BCUT2D eigenvalue weighted by molar-refractivity contribution is 8.02. The predicted molar refractivity (Wildman–Crippen MR) is 66.0 cm³/mol. The van der Waals surface area contributed by atoms with E-state index in [2.05, 4.69) is 0 Å². The SMILES string of the molecule is CC(C)(C)OC(=O)N1CCSC=C(C(=O)O)C1. The van der Waals surface area contributed by atoms with Gasteiger partial charge in [-0.1, -0.05) is 0 Å². The van der Waals surface area contributed by atoms with E-state index in [0.29, 0.717) is 12.3 Å². The number of ether oxygens (including phenoxy) is 1. The Morgan fingerprint density at radius 3 is 2.65 bits per heavy atom. The molecule has 0 unspecified atom stereocenters. The van der Waals surface area contributed by atoms with Crippen LogP contribution in [-0.4, -0.2) is 46.5 Å². The van der Waals surface area contributed by atoms with E-state index in [4.69, 9.17) is 9.84 Å². The summed E-state index contributed by atoms with van der Waals surface area (Å²) in [6, 6.07) is 0. The fraction of sp³-hybridized carbons (Fsp3) is 0.636. The number of aliphatic carboxylic acids is 1. The van der Waals surface area contributed by atoms with Crippen LogP contribution in [0.1, 0.15) is 20.8 Å². The lowest BCUT2D eigenvalue weighted by molar-refractivity contribution is -0.132. The minimum absolute atomic E-state index is 0.0945. The minimum Gasteiger partial charge on any atom is -0.478 e. The second-order valence-corrected chi connectivity index (χ2v) is 5.70. The van der Waals surface area contributed by atoms with Crippen LogP contribution < -0.4 is 0 Å². The summed E-state index contributed by atoms with van der Waals surface area (Å²) in [7, 11) is 0. The Morgan fingerprint density at radius 2 is 2.12 bits per heavy atom. The van der Waals surface area contributed by atoms with Crippen molar-refractivity contribution in [2.45, 2.75) is 26.4 Å². The summed E-state index contributed by atoms with van der Waals surface area (Å²) in [5.74, 6) is -0.316. The highest BCUT2D eigenvalue weighted by Crippen LogP contribution is 2.17. The molecule has 5 nitrogen and oxygen atoms in total. The zero-order chi connectivity index (χ0) is 13.1. The predicted octanol–water partition coefficient (Wildman–Crippen LogP) is 1.94. The third-order valence-corrected chi connectivity index (χ3v) is 2.86.